The van der Waals surface area contributed by atoms with Crippen molar-refractivity contribution in [3.05, 3.63) is 33.9 Å². The van der Waals surface area contributed by atoms with Crippen molar-refractivity contribution in [2.24, 2.45) is 0 Å². The SMILES string of the molecule is O=C(OCc1nnsc1Cl)c1cccnc1SC(F)F. The molecule has 0 spiro atoms. The lowest BCUT2D eigenvalue weighted by Gasteiger charge is -2.07. The van der Waals surface area contributed by atoms with E-state index in [2.05, 4.69) is 14.6 Å². The molecule has 2 rings (SSSR count). The first-order chi connectivity index (χ1) is 9.58. The van der Waals surface area contributed by atoms with Crippen LogP contribution < -0.4 is 0 Å². The zero-order valence-electron chi connectivity index (χ0n) is 9.63. The second kappa shape index (κ2) is 6.91. The van der Waals surface area contributed by atoms with Gasteiger partial charge in [-0.3, -0.25) is 0 Å². The lowest BCUT2D eigenvalue weighted by atomic mass is 10.3. The van der Waals surface area contributed by atoms with Gasteiger partial charge in [0.25, 0.3) is 5.76 Å². The lowest BCUT2D eigenvalue weighted by molar-refractivity contribution is 0.0463. The van der Waals surface area contributed by atoms with Gasteiger partial charge in [-0.1, -0.05) is 16.1 Å². The summed E-state index contributed by atoms with van der Waals surface area (Å²) in [5.74, 6) is -3.45. The molecule has 0 bridgehead atoms. The number of aromatic nitrogens is 3. The molecule has 0 aromatic carbocycles. The van der Waals surface area contributed by atoms with E-state index < -0.39 is 11.7 Å². The smallest absolute Gasteiger partial charge is 0.341 e. The number of carbonyl (C=O) groups is 1. The van der Waals surface area contributed by atoms with Crippen molar-refractivity contribution in [3.8, 4) is 0 Å². The van der Waals surface area contributed by atoms with Crippen LogP contribution in [0.5, 0.6) is 0 Å². The molecule has 2 aromatic heterocycles. The van der Waals surface area contributed by atoms with E-state index in [4.69, 9.17) is 16.3 Å². The number of esters is 1. The number of ether oxygens (including phenoxy) is 1. The number of carbonyl (C=O) groups excluding carboxylic acids is 1. The summed E-state index contributed by atoms with van der Waals surface area (Å²) in [6.45, 7) is -0.179. The van der Waals surface area contributed by atoms with Crippen LogP contribution in [0.2, 0.25) is 4.34 Å². The molecule has 0 N–H and O–H groups in total. The van der Waals surface area contributed by atoms with Gasteiger partial charge in [0.05, 0.1) is 5.56 Å². The summed E-state index contributed by atoms with van der Waals surface area (Å²) >= 11 is 6.90. The molecule has 0 radical (unpaired) electrons. The summed E-state index contributed by atoms with van der Waals surface area (Å²) in [7, 11) is 0. The van der Waals surface area contributed by atoms with E-state index in [1.165, 1.54) is 18.3 Å². The van der Waals surface area contributed by atoms with Crippen LogP contribution in [-0.4, -0.2) is 26.3 Å². The molecule has 0 amide bonds. The molecule has 0 aliphatic heterocycles. The first kappa shape index (κ1) is 15.1. The predicted molar refractivity (Wildman–Crippen MR) is 70.1 cm³/mol. The maximum atomic E-state index is 12.4. The van der Waals surface area contributed by atoms with E-state index >= 15 is 0 Å². The van der Waals surface area contributed by atoms with Gasteiger partial charge in [0.15, 0.2) is 0 Å². The Balaban J connectivity index is 2.07. The first-order valence-corrected chi connectivity index (χ1v) is 7.14. The van der Waals surface area contributed by atoms with Crippen LogP contribution in [-0.2, 0) is 11.3 Å². The van der Waals surface area contributed by atoms with Gasteiger partial charge in [-0.25, -0.2) is 9.78 Å². The fourth-order valence-electron chi connectivity index (χ4n) is 1.22. The summed E-state index contributed by atoms with van der Waals surface area (Å²) in [5.41, 5.74) is 0.286. The maximum absolute atomic E-state index is 12.4. The second-order valence-electron chi connectivity index (χ2n) is 3.30. The average Bonchev–Trinajstić information content (AvgIpc) is 2.81. The molecule has 10 heteroatoms. The fourth-order valence-corrected chi connectivity index (χ4v) is 2.39. The zero-order chi connectivity index (χ0) is 14.5. The standard InChI is InChI=1S/C10H6ClF2N3O2S2/c11-7-6(15-16-20-7)4-18-9(17)5-2-1-3-14-8(5)19-10(12)13/h1-3,10H,4H2. The second-order valence-corrected chi connectivity index (χ2v) is 5.64. The van der Waals surface area contributed by atoms with Crippen molar-refractivity contribution >= 4 is 40.9 Å². The van der Waals surface area contributed by atoms with Crippen LogP contribution in [0, 0.1) is 0 Å². The van der Waals surface area contributed by atoms with E-state index in [0.29, 0.717) is 10.0 Å². The predicted octanol–water partition coefficient (Wildman–Crippen LogP) is 3.26. The summed E-state index contributed by atoms with van der Waals surface area (Å²) in [4.78, 5) is 15.6. The minimum absolute atomic E-state index is 0.0305. The van der Waals surface area contributed by atoms with Crippen LogP contribution in [0.15, 0.2) is 23.4 Å². The van der Waals surface area contributed by atoms with Gasteiger partial charge in [-0.15, -0.1) is 5.10 Å². The van der Waals surface area contributed by atoms with Crippen molar-refractivity contribution in [2.75, 3.05) is 0 Å². The summed E-state index contributed by atoms with van der Waals surface area (Å²) in [6, 6.07) is 2.82. The largest absolute Gasteiger partial charge is 0.455 e. The van der Waals surface area contributed by atoms with E-state index in [0.717, 1.165) is 11.5 Å². The van der Waals surface area contributed by atoms with Crippen LogP contribution in [0.3, 0.4) is 0 Å². The summed E-state index contributed by atoms with van der Waals surface area (Å²) in [6.07, 6.45) is 1.32. The van der Waals surface area contributed by atoms with Crippen LogP contribution in [0.4, 0.5) is 8.78 Å². The van der Waals surface area contributed by atoms with Gasteiger partial charge in [0.1, 0.15) is 21.7 Å². The molecular formula is C10H6ClF2N3O2S2. The van der Waals surface area contributed by atoms with Gasteiger partial charge in [-0.05, 0) is 23.9 Å². The average molecular weight is 338 g/mol. The molecule has 2 heterocycles. The molecular weight excluding hydrogens is 332 g/mol. The van der Waals surface area contributed by atoms with Crippen molar-refractivity contribution in [2.45, 2.75) is 17.4 Å². The van der Waals surface area contributed by atoms with Crippen molar-refractivity contribution in [1.82, 2.24) is 14.6 Å². The molecule has 0 fully saturated rings. The van der Waals surface area contributed by atoms with Crippen molar-refractivity contribution in [3.63, 3.8) is 0 Å². The molecule has 106 valence electrons. The third-order valence-electron chi connectivity index (χ3n) is 2.04. The highest BCUT2D eigenvalue weighted by Gasteiger charge is 2.18. The van der Waals surface area contributed by atoms with E-state index in [1.54, 1.807) is 0 Å². The Morgan fingerprint density at radius 2 is 2.35 bits per heavy atom. The number of hydrogen-bond donors (Lipinski definition) is 0. The molecule has 0 aliphatic carbocycles. The third-order valence-corrected chi connectivity index (χ3v) is 3.75. The number of nitrogens with zero attached hydrogens (tertiary/aromatic N) is 3. The molecule has 0 unspecified atom stereocenters. The van der Waals surface area contributed by atoms with Gasteiger partial charge < -0.3 is 4.74 Å². The number of halogens is 3. The van der Waals surface area contributed by atoms with Crippen LogP contribution >= 0.6 is 34.9 Å². The number of alkyl halides is 2. The Labute approximate surface area is 125 Å². The molecule has 5 nitrogen and oxygen atoms in total. The van der Waals surface area contributed by atoms with Gasteiger partial charge in [0, 0.05) is 17.7 Å². The Bertz CT molecular complexity index is 612. The number of rotatable bonds is 5. The number of thioether (sulfide) groups is 1. The van der Waals surface area contributed by atoms with Crippen LogP contribution in [0.25, 0.3) is 0 Å². The lowest BCUT2D eigenvalue weighted by Crippen LogP contribution is -2.08. The maximum Gasteiger partial charge on any atom is 0.341 e. The highest BCUT2D eigenvalue weighted by molar-refractivity contribution is 7.99. The Morgan fingerprint density at radius 3 is 3.00 bits per heavy atom. The minimum atomic E-state index is -2.67. The van der Waals surface area contributed by atoms with Crippen molar-refractivity contribution < 1.29 is 18.3 Å². The Kier molecular flexibility index (Phi) is 5.21. The van der Waals surface area contributed by atoms with Crippen molar-refractivity contribution in [1.29, 1.82) is 0 Å². The third kappa shape index (κ3) is 3.84. The fraction of sp³-hybridized carbons (Fsp3) is 0.200. The highest BCUT2D eigenvalue weighted by atomic mass is 35.5. The molecule has 0 saturated carbocycles. The normalized spacial score (nSPS) is 10.8. The summed E-state index contributed by atoms with van der Waals surface area (Å²) < 4.78 is 33.6. The van der Waals surface area contributed by atoms with Gasteiger partial charge in [-0.2, -0.15) is 8.78 Å². The van der Waals surface area contributed by atoms with E-state index in [-0.39, 0.29) is 29.0 Å². The zero-order valence-corrected chi connectivity index (χ0v) is 12.0. The Hall–Kier alpha value is -1.32. The molecule has 0 aliphatic rings. The molecule has 0 atom stereocenters. The topological polar surface area (TPSA) is 65.0 Å². The monoisotopic (exact) mass is 337 g/mol. The van der Waals surface area contributed by atoms with Crippen LogP contribution in [0.1, 0.15) is 16.1 Å². The van der Waals surface area contributed by atoms with Gasteiger partial charge in [0.2, 0.25) is 0 Å². The minimum Gasteiger partial charge on any atom is -0.455 e. The molecule has 2 aromatic rings. The summed E-state index contributed by atoms with van der Waals surface area (Å²) in [5, 5.41) is 3.58. The highest BCUT2D eigenvalue weighted by Crippen LogP contribution is 2.27. The number of pyridine rings is 1. The first-order valence-electron chi connectivity index (χ1n) is 5.11. The molecule has 20 heavy (non-hydrogen) atoms. The quantitative estimate of drug-likeness (QED) is 0.616. The van der Waals surface area contributed by atoms with Gasteiger partial charge >= 0.3 is 5.97 Å². The van der Waals surface area contributed by atoms with E-state index in [9.17, 15) is 13.6 Å². The molecule has 0 saturated heterocycles. The Morgan fingerprint density at radius 1 is 1.55 bits per heavy atom. The number of hydrogen-bond acceptors (Lipinski definition) is 7. The van der Waals surface area contributed by atoms with E-state index in [1.807, 2.05) is 0 Å².